The molecule has 0 saturated heterocycles. The topological polar surface area (TPSA) is 21.3 Å². The molecule has 1 aromatic carbocycles. The van der Waals surface area contributed by atoms with Crippen LogP contribution >= 0.6 is 0 Å². The molecule has 1 aliphatic heterocycles. The van der Waals surface area contributed by atoms with Gasteiger partial charge in [-0.2, -0.15) is 0 Å². The van der Waals surface area contributed by atoms with Crippen molar-refractivity contribution < 1.29 is 4.74 Å². The Balaban J connectivity index is 1.96. The van der Waals surface area contributed by atoms with Gasteiger partial charge >= 0.3 is 0 Å². The van der Waals surface area contributed by atoms with Crippen molar-refractivity contribution >= 4 is 5.69 Å². The molecule has 72 valence electrons. The average molecular weight is 187 g/mol. The van der Waals surface area contributed by atoms with Crippen molar-refractivity contribution in [1.29, 1.82) is 0 Å². The summed E-state index contributed by atoms with van der Waals surface area (Å²) in [6.45, 7) is 0. The summed E-state index contributed by atoms with van der Waals surface area (Å²) in [7, 11) is 0. The fourth-order valence-electron chi connectivity index (χ4n) is 2.12. The number of nitrogens with one attached hydrogen (secondary N) is 1. The first-order valence-corrected chi connectivity index (χ1v) is 5.12. The number of anilines is 1. The number of ether oxygens (including phenoxy) is 1. The summed E-state index contributed by atoms with van der Waals surface area (Å²) in [5.41, 5.74) is 1.13. The van der Waals surface area contributed by atoms with Gasteiger partial charge in [0.2, 0.25) is 0 Å². The summed E-state index contributed by atoms with van der Waals surface area (Å²) < 4.78 is 5.89. The van der Waals surface area contributed by atoms with Crippen molar-refractivity contribution in [3.05, 3.63) is 36.4 Å². The van der Waals surface area contributed by atoms with Crippen LogP contribution in [0.25, 0.3) is 0 Å². The first-order chi connectivity index (χ1) is 6.93. The van der Waals surface area contributed by atoms with E-state index in [1.54, 1.807) is 0 Å². The second-order valence-electron chi connectivity index (χ2n) is 3.83. The molecule has 2 nitrogen and oxygen atoms in total. The molecular formula is C12H13NO. The molecule has 0 saturated carbocycles. The van der Waals surface area contributed by atoms with Crippen molar-refractivity contribution in [1.82, 2.24) is 0 Å². The molecule has 2 aliphatic rings. The molecule has 0 radical (unpaired) electrons. The number of hydrogen-bond acceptors (Lipinski definition) is 2. The summed E-state index contributed by atoms with van der Waals surface area (Å²) in [5, 5.41) is 3.52. The molecule has 14 heavy (non-hydrogen) atoms. The first kappa shape index (κ1) is 7.92. The Morgan fingerprint density at radius 3 is 3.21 bits per heavy atom. The van der Waals surface area contributed by atoms with Crippen molar-refractivity contribution in [2.24, 2.45) is 0 Å². The predicted octanol–water partition coefficient (Wildman–Crippen LogP) is 2.58. The van der Waals surface area contributed by atoms with E-state index in [0.717, 1.165) is 24.3 Å². The first-order valence-electron chi connectivity index (χ1n) is 5.12. The quantitative estimate of drug-likeness (QED) is 0.630. The van der Waals surface area contributed by atoms with Crippen molar-refractivity contribution in [2.45, 2.75) is 25.0 Å². The standard InChI is InChI=1S/C12H13NO/c1-3-7-11-9(5-1)13-10-6-2-4-8-12(10)14-11/h1,3-5,7-8,10,12-13H,2,6H2. The average Bonchev–Trinajstić information content (AvgIpc) is 2.26. The fourth-order valence-corrected chi connectivity index (χ4v) is 2.12. The molecule has 0 bridgehead atoms. The summed E-state index contributed by atoms with van der Waals surface area (Å²) >= 11 is 0. The van der Waals surface area contributed by atoms with E-state index in [1.807, 2.05) is 18.2 Å². The normalized spacial score (nSPS) is 28.3. The predicted molar refractivity (Wildman–Crippen MR) is 56.6 cm³/mol. The van der Waals surface area contributed by atoms with Crippen LogP contribution in [-0.4, -0.2) is 12.1 Å². The highest BCUT2D eigenvalue weighted by Gasteiger charge is 2.28. The minimum absolute atomic E-state index is 0.221. The number of hydrogen-bond donors (Lipinski definition) is 1. The van der Waals surface area contributed by atoms with Gasteiger partial charge in [-0.25, -0.2) is 0 Å². The molecule has 0 fully saturated rings. The van der Waals surface area contributed by atoms with Crippen LogP contribution in [0.2, 0.25) is 0 Å². The summed E-state index contributed by atoms with van der Waals surface area (Å²) in [6, 6.07) is 8.58. The van der Waals surface area contributed by atoms with E-state index in [2.05, 4.69) is 23.5 Å². The van der Waals surface area contributed by atoms with Gasteiger partial charge in [0.25, 0.3) is 0 Å². The van der Waals surface area contributed by atoms with E-state index in [0.29, 0.717) is 6.04 Å². The Morgan fingerprint density at radius 1 is 1.29 bits per heavy atom. The molecule has 0 amide bonds. The maximum absolute atomic E-state index is 5.89. The molecule has 1 aliphatic carbocycles. The molecule has 2 heteroatoms. The van der Waals surface area contributed by atoms with E-state index in [9.17, 15) is 0 Å². The maximum Gasteiger partial charge on any atom is 0.143 e. The number of benzene rings is 1. The van der Waals surface area contributed by atoms with Gasteiger partial charge in [0.15, 0.2) is 0 Å². The van der Waals surface area contributed by atoms with Gasteiger partial charge in [0, 0.05) is 0 Å². The van der Waals surface area contributed by atoms with Gasteiger partial charge in [-0.3, -0.25) is 0 Å². The molecule has 0 spiro atoms. The monoisotopic (exact) mass is 187 g/mol. The van der Waals surface area contributed by atoms with Crippen LogP contribution in [0.15, 0.2) is 36.4 Å². The number of allylic oxidation sites excluding steroid dienone is 1. The highest BCUT2D eigenvalue weighted by Crippen LogP contribution is 2.33. The van der Waals surface area contributed by atoms with E-state index >= 15 is 0 Å². The molecule has 1 N–H and O–H groups in total. The zero-order valence-corrected chi connectivity index (χ0v) is 7.94. The van der Waals surface area contributed by atoms with Crippen LogP contribution in [0.4, 0.5) is 5.69 Å². The summed E-state index contributed by atoms with van der Waals surface area (Å²) in [6.07, 6.45) is 6.90. The zero-order valence-electron chi connectivity index (χ0n) is 7.94. The lowest BCUT2D eigenvalue weighted by Gasteiger charge is -2.35. The lowest BCUT2D eigenvalue weighted by Crippen LogP contribution is -2.41. The van der Waals surface area contributed by atoms with Crippen molar-refractivity contribution in [3.8, 4) is 5.75 Å². The van der Waals surface area contributed by atoms with Crippen LogP contribution in [0.1, 0.15) is 12.8 Å². The Bertz CT molecular complexity index is 372. The third-order valence-electron chi connectivity index (χ3n) is 2.86. The third-order valence-corrected chi connectivity index (χ3v) is 2.86. The fraction of sp³-hybridized carbons (Fsp3) is 0.333. The van der Waals surface area contributed by atoms with E-state index < -0.39 is 0 Å². The van der Waals surface area contributed by atoms with Gasteiger partial charge < -0.3 is 10.1 Å². The second-order valence-corrected chi connectivity index (χ2v) is 3.83. The minimum atomic E-state index is 0.221. The number of rotatable bonds is 0. The Morgan fingerprint density at radius 2 is 2.21 bits per heavy atom. The van der Waals surface area contributed by atoms with Crippen molar-refractivity contribution in [3.63, 3.8) is 0 Å². The van der Waals surface area contributed by atoms with Gasteiger partial charge in [0.1, 0.15) is 11.9 Å². The molecule has 0 aromatic heterocycles. The maximum atomic E-state index is 5.89. The molecule has 1 heterocycles. The summed E-state index contributed by atoms with van der Waals surface area (Å²) in [4.78, 5) is 0. The largest absolute Gasteiger partial charge is 0.482 e. The zero-order chi connectivity index (χ0) is 9.38. The van der Waals surface area contributed by atoms with Gasteiger partial charge in [-0.05, 0) is 31.1 Å². The Labute approximate surface area is 83.6 Å². The van der Waals surface area contributed by atoms with Gasteiger partial charge in [-0.1, -0.05) is 18.2 Å². The highest BCUT2D eigenvalue weighted by atomic mass is 16.5. The Kier molecular flexibility index (Phi) is 1.72. The summed E-state index contributed by atoms with van der Waals surface area (Å²) in [5.74, 6) is 0.973. The van der Waals surface area contributed by atoms with E-state index in [4.69, 9.17) is 4.74 Å². The minimum Gasteiger partial charge on any atom is -0.482 e. The molecule has 2 atom stereocenters. The van der Waals surface area contributed by atoms with E-state index in [1.165, 1.54) is 0 Å². The SMILES string of the molecule is C1=CC2Oc3ccccc3NC2CC1. The smallest absolute Gasteiger partial charge is 0.143 e. The lowest BCUT2D eigenvalue weighted by molar-refractivity contribution is 0.203. The van der Waals surface area contributed by atoms with Crippen LogP contribution in [-0.2, 0) is 0 Å². The third kappa shape index (κ3) is 1.18. The highest BCUT2D eigenvalue weighted by molar-refractivity contribution is 5.59. The number of fused-ring (bicyclic) bond motifs is 2. The molecule has 3 rings (SSSR count). The lowest BCUT2D eigenvalue weighted by atomic mass is 9.97. The van der Waals surface area contributed by atoms with Crippen LogP contribution in [0, 0.1) is 0 Å². The van der Waals surface area contributed by atoms with Crippen LogP contribution in [0.3, 0.4) is 0 Å². The van der Waals surface area contributed by atoms with E-state index in [-0.39, 0.29) is 6.10 Å². The van der Waals surface area contributed by atoms with Gasteiger partial charge in [0.05, 0.1) is 11.7 Å². The van der Waals surface area contributed by atoms with Crippen molar-refractivity contribution in [2.75, 3.05) is 5.32 Å². The van der Waals surface area contributed by atoms with Gasteiger partial charge in [-0.15, -0.1) is 0 Å². The molecule has 1 aromatic rings. The molecular weight excluding hydrogens is 174 g/mol. The van der Waals surface area contributed by atoms with Crippen LogP contribution in [0.5, 0.6) is 5.75 Å². The Hall–Kier alpha value is -1.44. The molecule has 2 unspecified atom stereocenters. The van der Waals surface area contributed by atoms with Crippen LogP contribution < -0.4 is 10.1 Å². The number of para-hydroxylation sites is 2. The second kappa shape index (κ2) is 3.05.